The summed E-state index contributed by atoms with van der Waals surface area (Å²) in [6.45, 7) is 2.38. The Morgan fingerprint density at radius 2 is 2.43 bits per heavy atom. The van der Waals surface area contributed by atoms with Crippen LogP contribution in [-0.4, -0.2) is 20.1 Å². The number of rotatable bonds is 3. The zero-order chi connectivity index (χ0) is 5.54. The molecule has 0 radical (unpaired) electrons. The molecule has 0 saturated heterocycles. The monoisotopic (exact) mass is 103 g/mol. The van der Waals surface area contributed by atoms with Crippen LogP contribution in [0.2, 0.25) is 0 Å². The number of aliphatic imine (C=N–C) groups is 1. The fourth-order valence-corrected chi connectivity index (χ4v) is 0.142. The van der Waals surface area contributed by atoms with Crippen LogP contribution < -0.4 is 0 Å². The van der Waals surface area contributed by atoms with Crippen molar-refractivity contribution in [1.29, 1.82) is 0 Å². The van der Waals surface area contributed by atoms with Crippen molar-refractivity contribution in [2.45, 2.75) is 6.92 Å². The summed E-state index contributed by atoms with van der Waals surface area (Å²) < 4.78 is 0. The number of hydrogen-bond acceptors (Lipinski definition) is 3. The maximum atomic E-state index is 4.42. The van der Waals surface area contributed by atoms with Crippen LogP contribution in [0.4, 0.5) is 0 Å². The second-order valence-electron chi connectivity index (χ2n) is 0.866. The largest absolute Gasteiger partial charge is 0.326 e. The van der Waals surface area contributed by atoms with Gasteiger partial charge in [0, 0.05) is 7.05 Å². The minimum Gasteiger partial charge on any atom is -0.326 e. The molecule has 0 aromatic heterocycles. The van der Waals surface area contributed by atoms with E-state index in [1.807, 2.05) is 6.92 Å². The lowest BCUT2D eigenvalue weighted by atomic mass is 10.9. The molecule has 7 heavy (non-hydrogen) atoms. The maximum Gasteiger partial charge on any atom is 0.214 e. The molecule has 0 aromatic rings. The van der Waals surface area contributed by atoms with Gasteiger partial charge in [-0.05, 0) is 6.92 Å². The fourth-order valence-electron chi connectivity index (χ4n) is 0.142. The zero-order valence-corrected chi connectivity index (χ0v) is 4.55. The Morgan fingerprint density at radius 1 is 1.71 bits per heavy atom. The summed E-state index contributed by atoms with van der Waals surface area (Å²) in [6.07, 6.45) is 1.24. The molecule has 0 aliphatic carbocycles. The molecule has 0 fully saturated rings. The van der Waals surface area contributed by atoms with Crippen molar-refractivity contribution < 1.29 is 9.78 Å². The predicted molar refractivity (Wildman–Crippen MR) is 27.1 cm³/mol. The molecule has 3 heteroatoms. The molecular formula is C4H9NO2. The molecule has 0 atom stereocenters. The number of hydrogen-bond donors (Lipinski definition) is 0. The van der Waals surface area contributed by atoms with E-state index in [1.165, 1.54) is 6.40 Å². The van der Waals surface area contributed by atoms with E-state index in [-0.39, 0.29) is 0 Å². The molecule has 0 aliphatic rings. The van der Waals surface area contributed by atoms with Crippen molar-refractivity contribution in [3.05, 3.63) is 0 Å². The van der Waals surface area contributed by atoms with Gasteiger partial charge >= 0.3 is 0 Å². The van der Waals surface area contributed by atoms with Crippen LogP contribution in [0.3, 0.4) is 0 Å². The Labute approximate surface area is 42.9 Å². The minimum absolute atomic E-state index is 0.548. The first-order valence-electron chi connectivity index (χ1n) is 2.10. The highest BCUT2D eigenvalue weighted by Crippen LogP contribution is 1.69. The van der Waals surface area contributed by atoms with Gasteiger partial charge in [-0.25, -0.2) is 0 Å². The Kier molecular flexibility index (Phi) is 4.99. The lowest BCUT2D eigenvalue weighted by molar-refractivity contribution is -0.211. The predicted octanol–water partition coefficient (Wildman–Crippen LogP) is 0.613. The summed E-state index contributed by atoms with van der Waals surface area (Å²) in [6, 6.07) is 0. The smallest absolute Gasteiger partial charge is 0.214 e. The van der Waals surface area contributed by atoms with E-state index in [4.69, 9.17) is 0 Å². The summed E-state index contributed by atoms with van der Waals surface area (Å²) in [7, 11) is 1.61. The van der Waals surface area contributed by atoms with E-state index in [0.717, 1.165) is 0 Å². The molecular weight excluding hydrogens is 94.0 g/mol. The molecule has 0 amide bonds. The zero-order valence-electron chi connectivity index (χ0n) is 4.55. The first-order valence-corrected chi connectivity index (χ1v) is 2.10. The van der Waals surface area contributed by atoms with Gasteiger partial charge in [-0.2, -0.15) is 4.89 Å². The molecule has 0 rings (SSSR count). The second kappa shape index (κ2) is 5.43. The van der Waals surface area contributed by atoms with Crippen LogP contribution in [0.15, 0.2) is 4.99 Å². The van der Waals surface area contributed by atoms with Crippen molar-refractivity contribution in [3.63, 3.8) is 0 Å². The van der Waals surface area contributed by atoms with Gasteiger partial charge in [0.25, 0.3) is 0 Å². The first kappa shape index (κ1) is 6.43. The summed E-state index contributed by atoms with van der Waals surface area (Å²) in [5.74, 6) is 0. The Bertz CT molecular complexity index is 53.7. The van der Waals surface area contributed by atoms with Crippen LogP contribution in [0.5, 0.6) is 0 Å². The molecule has 0 spiro atoms. The molecule has 0 unspecified atom stereocenters. The summed E-state index contributed by atoms with van der Waals surface area (Å²) in [5, 5.41) is 0. The molecule has 0 saturated carbocycles. The molecule has 0 N–H and O–H groups in total. The van der Waals surface area contributed by atoms with E-state index < -0.39 is 0 Å². The molecule has 3 nitrogen and oxygen atoms in total. The number of nitrogens with zero attached hydrogens (tertiary/aromatic N) is 1. The van der Waals surface area contributed by atoms with Gasteiger partial charge in [-0.15, -0.1) is 0 Å². The molecule has 42 valence electrons. The fraction of sp³-hybridized carbons (Fsp3) is 0.750. The highest BCUT2D eigenvalue weighted by Gasteiger charge is 1.69. The molecule has 0 heterocycles. The van der Waals surface area contributed by atoms with Gasteiger partial charge < -0.3 is 4.89 Å². The quantitative estimate of drug-likeness (QED) is 0.172. The van der Waals surface area contributed by atoms with Gasteiger partial charge in [0.05, 0.1) is 6.61 Å². The SMILES string of the molecule is CCOO/C=N\C. The maximum absolute atomic E-state index is 4.42. The van der Waals surface area contributed by atoms with Gasteiger partial charge in [0.2, 0.25) is 6.40 Å². The van der Waals surface area contributed by atoms with Crippen LogP contribution in [0, 0.1) is 0 Å². The van der Waals surface area contributed by atoms with E-state index in [1.54, 1.807) is 7.05 Å². The van der Waals surface area contributed by atoms with Crippen molar-refractivity contribution in [1.82, 2.24) is 0 Å². The summed E-state index contributed by atoms with van der Waals surface area (Å²) in [4.78, 5) is 12.3. The van der Waals surface area contributed by atoms with E-state index in [2.05, 4.69) is 14.8 Å². The summed E-state index contributed by atoms with van der Waals surface area (Å²) >= 11 is 0. The normalized spacial score (nSPS) is 10.0. The van der Waals surface area contributed by atoms with Gasteiger partial charge in [0.15, 0.2) is 0 Å². The lowest BCUT2D eigenvalue weighted by Gasteiger charge is -1.90. The van der Waals surface area contributed by atoms with Crippen molar-refractivity contribution >= 4 is 6.40 Å². The van der Waals surface area contributed by atoms with Crippen LogP contribution in [0.1, 0.15) is 6.92 Å². The highest BCUT2D eigenvalue weighted by molar-refractivity contribution is 5.44. The third-order valence-electron chi connectivity index (χ3n) is 0.334. The standard InChI is InChI=1S/C4H9NO2/c1-3-6-7-4-5-2/h4H,3H2,1-2H3/b5-4-. The van der Waals surface area contributed by atoms with Crippen molar-refractivity contribution in [2.24, 2.45) is 4.99 Å². The topological polar surface area (TPSA) is 30.8 Å². The van der Waals surface area contributed by atoms with E-state index in [0.29, 0.717) is 6.61 Å². The molecule has 0 aliphatic heterocycles. The highest BCUT2D eigenvalue weighted by atomic mass is 17.2. The van der Waals surface area contributed by atoms with Crippen LogP contribution >= 0.6 is 0 Å². The second-order valence-corrected chi connectivity index (χ2v) is 0.866. The minimum atomic E-state index is 0.548. The molecule has 0 aromatic carbocycles. The Morgan fingerprint density at radius 3 is 2.86 bits per heavy atom. The van der Waals surface area contributed by atoms with Crippen molar-refractivity contribution in [3.8, 4) is 0 Å². The van der Waals surface area contributed by atoms with Crippen LogP contribution in [0.25, 0.3) is 0 Å². The third-order valence-corrected chi connectivity index (χ3v) is 0.334. The van der Waals surface area contributed by atoms with Gasteiger partial charge in [0.1, 0.15) is 0 Å². The summed E-state index contributed by atoms with van der Waals surface area (Å²) in [5.41, 5.74) is 0. The average Bonchev–Trinajstić information content (AvgIpc) is 1.69. The lowest BCUT2D eigenvalue weighted by Crippen LogP contribution is -1.88. The van der Waals surface area contributed by atoms with E-state index >= 15 is 0 Å². The van der Waals surface area contributed by atoms with Crippen LogP contribution in [-0.2, 0) is 9.78 Å². The van der Waals surface area contributed by atoms with E-state index in [9.17, 15) is 0 Å². The Balaban J connectivity index is 2.69. The Hall–Kier alpha value is -0.570. The van der Waals surface area contributed by atoms with Gasteiger partial charge in [-0.3, -0.25) is 4.99 Å². The van der Waals surface area contributed by atoms with Gasteiger partial charge in [-0.1, -0.05) is 0 Å². The average molecular weight is 103 g/mol. The van der Waals surface area contributed by atoms with Crippen molar-refractivity contribution in [2.75, 3.05) is 13.7 Å². The molecule has 0 bridgehead atoms. The first-order chi connectivity index (χ1) is 3.41. The third kappa shape index (κ3) is 5.43.